The number of nitrogens with one attached hydrogen (secondary N) is 1. The molecule has 0 heterocycles. The van der Waals surface area contributed by atoms with Gasteiger partial charge in [-0.3, -0.25) is 9.59 Å². The molecule has 10 atom stereocenters. The molecule has 0 aromatic rings. The van der Waals surface area contributed by atoms with Gasteiger partial charge in [0.15, 0.2) is 0 Å². The number of aliphatic hydroxyl groups is 2. The molecule has 1 amide bonds. The lowest BCUT2D eigenvalue weighted by Crippen LogP contribution is -2.58. The molecule has 0 radical (unpaired) electrons. The van der Waals surface area contributed by atoms with E-state index >= 15 is 0 Å². The highest BCUT2D eigenvalue weighted by Gasteiger charge is 2.64. The highest BCUT2D eigenvalue weighted by atomic mass is 32.2. The molecule has 0 bridgehead atoms. The van der Waals surface area contributed by atoms with Crippen molar-refractivity contribution in [2.45, 2.75) is 95.0 Å². The molecular formula is C27H45NO4S2. The zero-order chi connectivity index (χ0) is 24.7. The lowest BCUT2D eigenvalue weighted by Gasteiger charge is -2.57. The van der Waals surface area contributed by atoms with E-state index in [-0.39, 0.29) is 41.1 Å². The fraction of sp³-hybridized carbons (Fsp3) is 0.926. The third-order valence-electron chi connectivity index (χ3n) is 10.5. The average molecular weight is 512 g/mol. The first-order chi connectivity index (χ1) is 16.1. The number of thiol groups is 1. The van der Waals surface area contributed by atoms with Crippen molar-refractivity contribution >= 4 is 36.1 Å². The molecule has 4 aliphatic rings. The molecule has 4 saturated carbocycles. The summed E-state index contributed by atoms with van der Waals surface area (Å²) in [7, 11) is 0. The van der Waals surface area contributed by atoms with Crippen molar-refractivity contribution in [2.24, 2.45) is 40.9 Å². The van der Waals surface area contributed by atoms with Crippen LogP contribution in [0.5, 0.6) is 0 Å². The topological polar surface area (TPSA) is 86.6 Å². The minimum absolute atomic E-state index is 0.00467. The summed E-state index contributed by atoms with van der Waals surface area (Å²) < 4.78 is -0.486. The summed E-state index contributed by atoms with van der Waals surface area (Å²) in [4.78, 5) is 25.4. The van der Waals surface area contributed by atoms with Crippen molar-refractivity contribution in [3.05, 3.63) is 0 Å². The molecule has 0 aromatic heterocycles. The monoisotopic (exact) mass is 511 g/mol. The lowest BCUT2D eigenvalue weighted by atomic mass is 9.51. The van der Waals surface area contributed by atoms with E-state index in [4.69, 9.17) is 12.6 Å². The quantitative estimate of drug-likeness (QED) is 0.305. The standard InChI is InChI=1S/C27H45NO4S2/c1-16(4-7-25(32)28-10-11-34-3)21-5-6-22-20-14-19(30)13-17-12-18(29)8-9-26(17,2)23(20)15-24(31)27(21,22)33/h16-18,20-24,29,31,33H,4-15H2,1-3H3,(H,28,32)/t16-,17+,18-,20-,21-,22+,23+,24+,26+,27+/m1/s1. The number of aliphatic hydroxyl groups excluding tert-OH is 2. The summed E-state index contributed by atoms with van der Waals surface area (Å²) in [5, 5.41) is 25.0. The Balaban J connectivity index is 1.50. The van der Waals surface area contributed by atoms with Gasteiger partial charge in [-0.25, -0.2) is 0 Å². The van der Waals surface area contributed by atoms with E-state index in [1.807, 2.05) is 6.26 Å². The Kier molecular flexibility index (Phi) is 8.38. The molecule has 34 heavy (non-hydrogen) atoms. The highest BCUT2D eigenvalue weighted by molar-refractivity contribution is 7.98. The Hall–Kier alpha value is -0.240. The molecule has 194 valence electrons. The Morgan fingerprint density at radius 3 is 2.71 bits per heavy atom. The van der Waals surface area contributed by atoms with Crippen LogP contribution in [-0.4, -0.2) is 57.4 Å². The first kappa shape index (κ1) is 26.8. The predicted octanol–water partition coefficient (Wildman–Crippen LogP) is 4.10. The summed E-state index contributed by atoms with van der Waals surface area (Å²) in [6.07, 6.45) is 8.94. The molecule has 4 fully saturated rings. The number of carbonyl (C=O) groups is 2. The number of ketones is 1. The van der Waals surface area contributed by atoms with Crippen LogP contribution in [0.25, 0.3) is 0 Å². The summed E-state index contributed by atoms with van der Waals surface area (Å²) in [6.45, 7) is 5.27. The number of fused-ring (bicyclic) bond motifs is 5. The van der Waals surface area contributed by atoms with E-state index in [2.05, 4.69) is 19.2 Å². The van der Waals surface area contributed by atoms with Gasteiger partial charge in [-0.1, -0.05) is 13.8 Å². The summed E-state index contributed by atoms with van der Waals surface area (Å²) in [6, 6.07) is 0. The van der Waals surface area contributed by atoms with Gasteiger partial charge in [0.1, 0.15) is 5.78 Å². The molecular weight excluding hydrogens is 466 g/mol. The van der Waals surface area contributed by atoms with Crippen molar-refractivity contribution in [3.8, 4) is 0 Å². The molecule has 0 saturated heterocycles. The van der Waals surface area contributed by atoms with Crippen molar-refractivity contribution < 1.29 is 19.8 Å². The molecule has 0 unspecified atom stereocenters. The Labute approximate surface area is 215 Å². The molecule has 4 rings (SSSR count). The van der Waals surface area contributed by atoms with E-state index in [1.54, 1.807) is 11.8 Å². The van der Waals surface area contributed by atoms with Gasteiger partial charge >= 0.3 is 0 Å². The number of Topliss-reactive ketones (excluding diaryl/α,β-unsaturated/α-hetero) is 1. The van der Waals surface area contributed by atoms with Crippen molar-refractivity contribution in [1.82, 2.24) is 5.32 Å². The van der Waals surface area contributed by atoms with Crippen LogP contribution in [0.1, 0.15) is 78.1 Å². The second-order valence-corrected chi connectivity index (χ2v) is 13.9. The lowest BCUT2D eigenvalue weighted by molar-refractivity contribution is -0.122. The predicted molar refractivity (Wildman–Crippen MR) is 141 cm³/mol. The SMILES string of the molecule is CSCCNC(=O)CC[C@@H](C)[C@H]1CC[C@H]2[C@H]3CC(=O)C[C@@H]4C[C@H](O)CC[C@]4(C)[C@H]3C[C@H](O)[C@]12S. The molecule has 3 N–H and O–H groups in total. The largest absolute Gasteiger partial charge is 0.393 e. The van der Waals surface area contributed by atoms with Gasteiger partial charge in [0, 0.05) is 36.3 Å². The maximum absolute atomic E-state index is 13.1. The number of thioether (sulfide) groups is 1. The minimum atomic E-state index is -0.495. The number of hydrogen-bond donors (Lipinski definition) is 4. The van der Waals surface area contributed by atoms with Crippen molar-refractivity contribution in [1.29, 1.82) is 0 Å². The zero-order valence-electron chi connectivity index (χ0n) is 21.2. The second-order valence-electron chi connectivity index (χ2n) is 12.1. The zero-order valence-corrected chi connectivity index (χ0v) is 22.9. The first-order valence-electron chi connectivity index (χ1n) is 13.5. The van der Waals surface area contributed by atoms with Crippen LogP contribution < -0.4 is 5.32 Å². The van der Waals surface area contributed by atoms with Crippen LogP contribution in [0.15, 0.2) is 0 Å². The van der Waals surface area contributed by atoms with E-state index in [0.29, 0.717) is 49.8 Å². The van der Waals surface area contributed by atoms with Gasteiger partial charge in [-0.2, -0.15) is 24.4 Å². The van der Waals surface area contributed by atoms with Crippen LogP contribution in [0.2, 0.25) is 0 Å². The first-order valence-corrected chi connectivity index (χ1v) is 15.3. The fourth-order valence-electron chi connectivity index (χ4n) is 8.58. The molecule has 0 aliphatic heterocycles. The smallest absolute Gasteiger partial charge is 0.220 e. The van der Waals surface area contributed by atoms with Crippen LogP contribution in [0.4, 0.5) is 0 Å². The van der Waals surface area contributed by atoms with Crippen molar-refractivity contribution in [2.75, 3.05) is 18.6 Å². The molecule has 4 aliphatic carbocycles. The molecule has 7 heteroatoms. The molecule has 5 nitrogen and oxygen atoms in total. The normalized spacial score (nSPS) is 45.0. The van der Waals surface area contributed by atoms with Gasteiger partial charge < -0.3 is 15.5 Å². The summed E-state index contributed by atoms with van der Waals surface area (Å²) >= 11 is 7.02. The van der Waals surface area contributed by atoms with Crippen LogP contribution in [-0.2, 0) is 9.59 Å². The fourth-order valence-corrected chi connectivity index (χ4v) is 9.69. The van der Waals surface area contributed by atoms with Gasteiger partial charge in [-0.15, -0.1) is 0 Å². The summed E-state index contributed by atoms with van der Waals surface area (Å²) in [5.41, 5.74) is 0.00467. The van der Waals surface area contributed by atoms with E-state index < -0.39 is 10.9 Å². The maximum atomic E-state index is 13.1. The van der Waals surface area contributed by atoms with Crippen LogP contribution >= 0.6 is 24.4 Å². The number of carbonyl (C=O) groups excluding carboxylic acids is 2. The Bertz CT molecular complexity index is 765. The van der Waals surface area contributed by atoms with Crippen molar-refractivity contribution in [3.63, 3.8) is 0 Å². The highest BCUT2D eigenvalue weighted by Crippen LogP contribution is 2.65. The average Bonchev–Trinajstić information content (AvgIpc) is 3.11. The Morgan fingerprint density at radius 2 is 1.97 bits per heavy atom. The third-order valence-corrected chi connectivity index (χ3v) is 12.0. The maximum Gasteiger partial charge on any atom is 0.220 e. The van der Waals surface area contributed by atoms with E-state index in [1.165, 1.54) is 0 Å². The number of rotatable bonds is 7. The van der Waals surface area contributed by atoms with Gasteiger partial charge in [0.2, 0.25) is 5.91 Å². The minimum Gasteiger partial charge on any atom is -0.393 e. The van der Waals surface area contributed by atoms with Crippen LogP contribution in [0, 0.1) is 40.9 Å². The Morgan fingerprint density at radius 1 is 1.21 bits per heavy atom. The third kappa shape index (κ3) is 4.84. The second kappa shape index (κ2) is 10.6. The molecule has 0 aromatic carbocycles. The van der Waals surface area contributed by atoms with E-state index in [0.717, 1.165) is 44.3 Å². The molecule has 0 spiro atoms. The van der Waals surface area contributed by atoms with Gasteiger partial charge in [-0.05, 0) is 92.1 Å². The van der Waals surface area contributed by atoms with Crippen LogP contribution in [0.3, 0.4) is 0 Å². The van der Waals surface area contributed by atoms with Gasteiger partial charge in [0.25, 0.3) is 0 Å². The number of hydrogen-bond acceptors (Lipinski definition) is 6. The van der Waals surface area contributed by atoms with E-state index in [9.17, 15) is 19.8 Å². The summed E-state index contributed by atoms with van der Waals surface area (Å²) in [5.74, 6) is 2.97. The number of amides is 1. The van der Waals surface area contributed by atoms with Gasteiger partial charge in [0.05, 0.1) is 12.2 Å².